The Morgan fingerprint density at radius 1 is 1.50 bits per heavy atom. The van der Waals surface area contributed by atoms with E-state index in [4.69, 9.17) is 5.73 Å². The molecule has 1 unspecified atom stereocenters. The van der Waals surface area contributed by atoms with Gasteiger partial charge in [-0.15, -0.1) is 0 Å². The smallest absolute Gasteiger partial charge is 0.364 e. The molecule has 0 aliphatic carbocycles. The summed E-state index contributed by atoms with van der Waals surface area (Å²) in [6.07, 6.45) is -2.82. The van der Waals surface area contributed by atoms with Gasteiger partial charge in [0.1, 0.15) is 5.92 Å². The Labute approximate surface area is 67.6 Å². The molecule has 0 spiro atoms. The van der Waals surface area contributed by atoms with Gasteiger partial charge in [-0.1, -0.05) is 0 Å². The summed E-state index contributed by atoms with van der Waals surface area (Å²) in [5.41, 5.74) is 5.13. The molecule has 5 heteroatoms. The number of hydrogen-bond acceptors (Lipinski definition) is 1. The molecule has 12 heavy (non-hydrogen) atoms. The second-order valence-electron chi connectivity index (χ2n) is 2.46. The topological polar surface area (TPSA) is 41.8 Å². The zero-order valence-electron chi connectivity index (χ0n) is 6.23. The van der Waals surface area contributed by atoms with Crippen LogP contribution in [0.3, 0.4) is 0 Å². The number of aromatic nitrogens is 1. The minimum atomic E-state index is -4.26. The fraction of sp³-hybridized carbons (Fsp3) is 0.429. The molecule has 2 nitrogen and oxygen atoms in total. The van der Waals surface area contributed by atoms with Crippen molar-refractivity contribution >= 4 is 0 Å². The molecular weight excluding hydrogens is 169 g/mol. The highest BCUT2D eigenvalue weighted by Gasteiger charge is 2.40. The van der Waals surface area contributed by atoms with Crippen LogP contribution in [0.5, 0.6) is 0 Å². The maximum absolute atomic E-state index is 12.2. The van der Waals surface area contributed by atoms with E-state index in [0.717, 1.165) is 0 Å². The predicted octanol–water partition coefficient (Wildman–Crippen LogP) is 1.62. The van der Waals surface area contributed by atoms with E-state index < -0.39 is 18.6 Å². The van der Waals surface area contributed by atoms with Crippen molar-refractivity contribution in [1.82, 2.24) is 4.98 Å². The lowest BCUT2D eigenvalue weighted by atomic mass is 10.1. The number of nitrogens with two attached hydrogens (primary N) is 1. The molecule has 1 rings (SSSR count). The quantitative estimate of drug-likeness (QED) is 0.709. The van der Waals surface area contributed by atoms with Crippen LogP contribution in [0.2, 0.25) is 0 Å². The number of nitrogens with one attached hydrogen (secondary N) is 1. The number of halogens is 3. The van der Waals surface area contributed by atoms with Crippen molar-refractivity contribution in [3.63, 3.8) is 0 Å². The molecule has 1 heterocycles. The third-order valence-corrected chi connectivity index (χ3v) is 1.63. The molecule has 0 aromatic carbocycles. The highest BCUT2D eigenvalue weighted by Crippen LogP contribution is 2.32. The lowest BCUT2D eigenvalue weighted by Gasteiger charge is -2.16. The highest BCUT2D eigenvalue weighted by atomic mass is 19.4. The second-order valence-corrected chi connectivity index (χ2v) is 2.46. The summed E-state index contributed by atoms with van der Waals surface area (Å²) in [5.74, 6) is -1.58. The summed E-state index contributed by atoms with van der Waals surface area (Å²) >= 11 is 0. The van der Waals surface area contributed by atoms with E-state index in [-0.39, 0.29) is 5.69 Å². The Bertz CT molecular complexity index is 227. The van der Waals surface area contributed by atoms with Gasteiger partial charge >= 0.3 is 6.18 Å². The van der Waals surface area contributed by atoms with Gasteiger partial charge in [0.25, 0.3) is 0 Å². The van der Waals surface area contributed by atoms with Crippen molar-refractivity contribution < 1.29 is 13.2 Å². The number of H-pyrrole nitrogens is 1. The maximum Gasteiger partial charge on any atom is 0.398 e. The molecule has 68 valence electrons. The Hall–Kier alpha value is -0.970. The van der Waals surface area contributed by atoms with Crippen LogP contribution in [0.4, 0.5) is 13.2 Å². The number of alkyl halides is 3. The molecule has 1 aromatic heterocycles. The molecule has 0 amide bonds. The molecule has 0 saturated heterocycles. The SMILES string of the molecule is NCC(c1ccc[nH]1)C(F)(F)F. The van der Waals surface area contributed by atoms with Crippen LogP contribution < -0.4 is 5.73 Å². The zero-order valence-corrected chi connectivity index (χ0v) is 6.23. The minimum Gasteiger partial charge on any atom is -0.364 e. The number of aromatic amines is 1. The van der Waals surface area contributed by atoms with Gasteiger partial charge < -0.3 is 10.7 Å². The minimum absolute atomic E-state index is 0.116. The van der Waals surface area contributed by atoms with Gasteiger partial charge in [-0.2, -0.15) is 13.2 Å². The van der Waals surface area contributed by atoms with Gasteiger partial charge in [0.05, 0.1) is 0 Å². The van der Waals surface area contributed by atoms with Crippen molar-refractivity contribution in [3.8, 4) is 0 Å². The molecule has 0 aliphatic rings. The Morgan fingerprint density at radius 2 is 2.17 bits per heavy atom. The molecule has 3 N–H and O–H groups in total. The van der Waals surface area contributed by atoms with Crippen LogP contribution in [-0.2, 0) is 0 Å². The van der Waals surface area contributed by atoms with E-state index in [1.165, 1.54) is 18.3 Å². The summed E-state index contributed by atoms with van der Waals surface area (Å²) in [7, 11) is 0. The van der Waals surface area contributed by atoms with Gasteiger partial charge in [-0.3, -0.25) is 0 Å². The Balaban J connectivity index is 2.84. The number of rotatable bonds is 2. The average molecular weight is 178 g/mol. The molecule has 0 fully saturated rings. The fourth-order valence-corrected chi connectivity index (χ4v) is 0.998. The molecule has 0 bridgehead atoms. The highest BCUT2D eigenvalue weighted by molar-refractivity contribution is 5.12. The van der Waals surface area contributed by atoms with Crippen LogP contribution in [0, 0.1) is 0 Å². The zero-order chi connectivity index (χ0) is 9.19. The molecule has 0 radical (unpaired) electrons. The summed E-state index contributed by atoms with van der Waals surface area (Å²) in [6.45, 7) is -0.427. The van der Waals surface area contributed by atoms with Crippen LogP contribution in [0.1, 0.15) is 11.6 Å². The Morgan fingerprint density at radius 3 is 2.50 bits per heavy atom. The summed E-state index contributed by atoms with van der Waals surface area (Å²) in [6, 6.07) is 2.90. The first-order valence-corrected chi connectivity index (χ1v) is 3.45. The van der Waals surface area contributed by atoms with Crippen LogP contribution in [0.15, 0.2) is 18.3 Å². The van der Waals surface area contributed by atoms with E-state index >= 15 is 0 Å². The summed E-state index contributed by atoms with van der Waals surface area (Å²) in [4.78, 5) is 2.49. The summed E-state index contributed by atoms with van der Waals surface area (Å²) < 4.78 is 36.6. The predicted molar refractivity (Wildman–Crippen MR) is 38.6 cm³/mol. The first-order chi connectivity index (χ1) is 5.55. The Kier molecular flexibility index (Phi) is 2.42. The van der Waals surface area contributed by atoms with E-state index in [0.29, 0.717) is 0 Å². The molecule has 1 atom stereocenters. The van der Waals surface area contributed by atoms with Gasteiger partial charge in [0.15, 0.2) is 0 Å². The largest absolute Gasteiger partial charge is 0.398 e. The normalized spacial score (nSPS) is 14.7. The summed E-state index contributed by atoms with van der Waals surface area (Å²) in [5, 5.41) is 0. The second kappa shape index (κ2) is 3.18. The monoisotopic (exact) mass is 178 g/mol. The third kappa shape index (κ3) is 1.79. The van der Waals surface area contributed by atoms with Crippen molar-refractivity contribution in [2.45, 2.75) is 12.1 Å². The first-order valence-electron chi connectivity index (χ1n) is 3.45. The fourth-order valence-electron chi connectivity index (χ4n) is 0.998. The lowest BCUT2D eigenvalue weighted by Crippen LogP contribution is -2.28. The average Bonchev–Trinajstić information content (AvgIpc) is 2.38. The van der Waals surface area contributed by atoms with Crippen molar-refractivity contribution in [2.75, 3.05) is 6.54 Å². The first kappa shape index (κ1) is 9.12. The van der Waals surface area contributed by atoms with Crippen LogP contribution >= 0.6 is 0 Å². The van der Waals surface area contributed by atoms with E-state index in [9.17, 15) is 13.2 Å². The maximum atomic E-state index is 12.2. The van der Waals surface area contributed by atoms with Crippen LogP contribution in [0.25, 0.3) is 0 Å². The van der Waals surface area contributed by atoms with Gasteiger partial charge in [0, 0.05) is 18.4 Å². The van der Waals surface area contributed by atoms with Gasteiger partial charge in [-0.05, 0) is 12.1 Å². The number of hydrogen-bond donors (Lipinski definition) is 2. The molecule has 1 aromatic rings. The van der Waals surface area contributed by atoms with E-state index in [1.807, 2.05) is 0 Å². The van der Waals surface area contributed by atoms with Crippen molar-refractivity contribution in [1.29, 1.82) is 0 Å². The lowest BCUT2D eigenvalue weighted by molar-refractivity contribution is -0.148. The molecule has 0 aliphatic heterocycles. The van der Waals surface area contributed by atoms with Crippen LogP contribution in [-0.4, -0.2) is 17.7 Å². The van der Waals surface area contributed by atoms with Crippen molar-refractivity contribution in [2.24, 2.45) is 5.73 Å². The van der Waals surface area contributed by atoms with Gasteiger partial charge in [0.2, 0.25) is 0 Å². The van der Waals surface area contributed by atoms with Gasteiger partial charge in [-0.25, -0.2) is 0 Å². The van der Waals surface area contributed by atoms with E-state index in [2.05, 4.69) is 4.98 Å². The molecular formula is C7H9F3N2. The third-order valence-electron chi connectivity index (χ3n) is 1.63. The molecule has 0 saturated carbocycles. The van der Waals surface area contributed by atoms with E-state index in [1.54, 1.807) is 0 Å². The standard InChI is InChI=1S/C7H9F3N2/c8-7(9,10)5(4-11)6-2-1-3-12-6/h1-3,5,12H,4,11H2. The van der Waals surface area contributed by atoms with Crippen molar-refractivity contribution in [3.05, 3.63) is 24.0 Å².